The molecule has 0 spiro atoms. The van der Waals surface area contributed by atoms with Crippen LogP contribution >= 0.6 is 11.3 Å². The van der Waals surface area contributed by atoms with Crippen molar-refractivity contribution in [1.82, 2.24) is 15.6 Å². The van der Waals surface area contributed by atoms with Crippen molar-refractivity contribution in [2.75, 3.05) is 13.1 Å². The van der Waals surface area contributed by atoms with Gasteiger partial charge in [-0.1, -0.05) is 13.8 Å². The summed E-state index contributed by atoms with van der Waals surface area (Å²) in [6, 6.07) is 0.570. The van der Waals surface area contributed by atoms with Gasteiger partial charge in [-0.05, 0) is 0 Å². The number of nitrogens with zero attached hydrogens (tertiary/aromatic N) is 1. The van der Waals surface area contributed by atoms with Crippen LogP contribution in [0.15, 0.2) is 10.9 Å². The normalized spacial score (nSPS) is 11.0. The second-order valence-corrected chi connectivity index (χ2v) is 3.98. The van der Waals surface area contributed by atoms with Gasteiger partial charge in [0.15, 0.2) is 0 Å². The summed E-state index contributed by atoms with van der Waals surface area (Å²) in [5.74, 6) is 0. The Balaban J connectivity index is 1.96. The third-order valence-electron chi connectivity index (χ3n) is 1.64. The van der Waals surface area contributed by atoms with E-state index in [1.807, 2.05) is 5.51 Å². The predicted octanol–water partition coefficient (Wildman–Crippen LogP) is 1.23. The average Bonchev–Trinajstić information content (AvgIpc) is 2.55. The van der Waals surface area contributed by atoms with Gasteiger partial charge in [-0.2, -0.15) is 0 Å². The number of thiazole rings is 1. The first-order chi connectivity index (χ1) is 6.29. The van der Waals surface area contributed by atoms with Crippen LogP contribution in [0, 0.1) is 0 Å². The fourth-order valence-electron chi connectivity index (χ4n) is 0.991. The van der Waals surface area contributed by atoms with Crippen molar-refractivity contribution in [2.45, 2.75) is 26.4 Å². The van der Waals surface area contributed by atoms with Gasteiger partial charge in [0.25, 0.3) is 0 Å². The number of hydrogen-bond donors (Lipinski definition) is 2. The molecule has 3 nitrogen and oxygen atoms in total. The van der Waals surface area contributed by atoms with E-state index in [2.05, 4.69) is 34.8 Å². The van der Waals surface area contributed by atoms with Crippen molar-refractivity contribution in [3.8, 4) is 0 Å². The van der Waals surface area contributed by atoms with Crippen LogP contribution in [0.25, 0.3) is 0 Å². The second-order valence-electron chi connectivity index (χ2n) is 3.27. The third kappa shape index (κ3) is 4.98. The zero-order chi connectivity index (χ0) is 9.52. The Bertz CT molecular complexity index is 209. The minimum atomic E-state index is 0.570. The molecular weight excluding hydrogens is 182 g/mol. The summed E-state index contributed by atoms with van der Waals surface area (Å²) in [5.41, 5.74) is 3.00. The first kappa shape index (κ1) is 10.6. The van der Waals surface area contributed by atoms with Gasteiger partial charge in [0, 0.05) is 31.1 Å². The average molecular weight is 199 g/mol. The molecule has 0 unspecified atom stereocenters. The number of aromatic nitrogens is 1. The smallest absolute Gasteiger partial charge is 0.0795 e. The van der Waals surface area contributed by atoms with Crippen LogP contribution in [0.2, 0.25) is 0 Å². The van der Waals surface area contributed by atoms with E-state index in [9.17, 15) is 0 Å². The van der Waals surface area contributed by atoms with E-state index in [1.165, 1.54) is 0 Å². The molecule has 0 aliphatic rings. The largest absolute Gasteiger partial charge is 0.313 e. The molecule has 0 atom stereocenters. The van der Waals surface area contributed by atoms with Gasteiger partial charge >= 0.3 is 0 Å². The van der Waals surface area contributed by atoms with Gasteiger partial charge in [0.1, 0.15) is 0 Å². The highest BCUT2D eigenvalue weighted by molar-refractivity contribution is 7.07. The molecule has 0 aromatic carbocycles. The van der Waals surface area contributed by atoms with Gasteiger partial charge in [-0.25, -0.2) is 4.98 Å². The highest BCUT2D eigenvalue weighted by atomic mass is 32.1. The van der Waals surface area contributed by atoms with E-state index in [0.717, 1.165) is 25.3 Å². The fourth-order valence-corrected chi connectivity index (χ4v) is 1.55. The summed E-state index contributed by atoms with van der Waals surface area (Å²) in [7, 11) is 0. The van der Waals surface area contributed by atoms with Gasteiger partial charge in [-0.3, -0.25) is 0 Å². The van der Waals surface area contributed by atoms with E-state index >= 15 is 0 Å². The lowest BCUT2D eigenvalue weighted by Crippen LogP contribution is -2.31. The Labute approximate surface area is 83.6 Å². The van der Waals surface area contributed by atoms with Gasteiger partial charge in [-0.15, -0.1) is 11.3 Å². The molecule has 0 saturated carbocycles. The highest BCUT2D eigenvalue weighted by Crippen LogP contribution is 1.98. The quantitative estimate of drug-likeness (QED) is 0.677. The highest BCUT2D eigenvalue weighted by Gasteiger charge is 1.94. The maximum Gasteiger partial charge on any atom is 0.0795 e. The number of rotatable bonds is 6. The molecule has 1 aromatic heterocycles. The van der Waals surface area contributed by atoms with Crippen LogP contribution in [0.4, 0.5) is 0 Å². The van der Waals surface area contributed by atoms with E-state index in [1.54, 1.807) is 11.3 Å². The van der Waals surface area contributed by atoms with E-state index < -0.39 is 0 Å². The lowest BCUT2D eigenvalue weighted by molar-refractivity contribution is 0.554. The van der Waals surface area contributed by atoms with E-state index in [0.29, 0.717) is 6.04 Å². The SMILES string of the molecule is CC(C)NCCNCc1cscn1. The monoisotopic (exact) mass is 199 g/mol. The lowest BCUT2D eigenvalue weighted by Gasteiger charge is -2.07. The molecule has 0 saturated heterocycles. The fraction of sp³-hybridized carbons (Fsp3) is 0.667. The molecule has 2 N–H and O–H groups in total. The Morgan fingerprint density at radius 2 is 2.31 bits per heavy atom. The molecule has 0 fully saturated rings. The van der Waals surface area contributed by atoms with Gasteiger partial charge < -0.3 is 10.6 Å². The summed E-state index contributed by atoms with van der Waals surface area (Å²) in [4.78, 5) is 4.18. The molecule has 0 radical (unpaired) electrons. The van der Waals surface area contributed by atoms with Crippen molar-refractivity contribution in [3.63, 3.8) is 0 Å². The van der Waals surface area contributed by atoms with Crippen molar-refractivity contribution in [1.29, 1.82) is 0 Å². The molecule has 1 heterocycles. The zero-order valence-corrected chi connectivity index (χ0v) is 9.03. The van der Waals surface area contributed by atoms with Crippen LogP contribution < -0.4 is 10.6 Å². The van der Waals surface area contributed by atoms with Crippen molar-refractivity contribution < 1.29 is 0 Å². The molecule has 13 heavy (non-hydrogen) atoms. The summed E-state index contributed by atoms with van der Waals surface area (Å²) in [6.45, 7) is 7.20. The third-order valence-corrected chi connectivity index (χ3v) is 2.28. The molecule has 1 aromatic rings. The molecule has 0 aliphatic heterocycles. The predicted molar refractivity (Wildman–Crippen MR) is 57.0 cm³/mol. The Kier molecular flexibility index (Phi) is 4.97. The molecule has 74 valence electrons. The van der Waals surface area contributed by atoms with Crippen molar-refractivity contribution in [2.24, 2.45) is 0 Å². The summed E-state index contributed by atoms with van der Waals surface area (Å²) in [5, 5.41) is 8.74. The van der Waals surface area contributed by atoms with E-state index in [4.69, 9.17) is 0 Å². The summed E-state index contributed by atoms with van der Waals surface area (Å²) < 4.78 is 0. The molecule has 0 amide bonds. The van der Waals surface area contributed by atoms with Gasteiger partial charge in [0.05, 0.1) is 11.2 Å². The van der Waals surface area contributed by atoms with Crippen LogP contribution in [-0.2, 0) is 6.54 Å². The van der Waals surface area contributed by atoms with Crippen LogP contribution in [-0.4, -0.2) is 24.1 Å². The standard InChI is InChI=1S/C9H17N3S/c1-8(2)11-4-3-10-5-9-6-13-7-12-9/h6-8,10-11H,3-5H2,1-2H3. The van der Waals surface area contributed by atoms with Crippen LogP contribution in [0.1, 0.15) is 19.5 Å². The topological polar surface area (TPSA) is 37.0 Å². The maximum absolute atomic E-state index is 4.18. The molecule has 0 bridgehead atoms. The van der Waals surface area contributed by atoms with Crippen LogP contribution in [0.5, 0.6) is 0 Å². The second kappa shape index (κ2) is 6.07. The Morgan fingerprint density at radius 3 is 2.92 bits per heavy atom. The lowest BCUT2D eigenvalue weighted by atomic mass is 10.4. The Hall–Kier alpha value is -0.450. The van der Waals surface area contributed by atoms with Crippen molar-refractivity contribution in [3.05, 3.63) is 16.6 Å². The molecule has 4 heteroatoms. The summed E-state index contributed by atoms with van der Waals surface area (Å²) >= 11 is 1.64. The molecule has 1 rings (SSSR count). The first-order valence-electron chi connectivity index (χ1n) is 4.60. The number of nitrogens with one attached hydrogen (secondary N) is 2. The minimum Gasteiger partial charge on any atom is -0.313 e. The van der Waals surface area contributed by atoms with E-state index in [-0.39, 0.29) is 0 Å². The maximum atomic E-state index is 4.18. The number of hydrogen-bond acceptors (Lipinski definition) is 4. The van der Waals surface area contributed by atoms with Crippen LogP contribution in [0.3, 0.4) is 0 Å². The summed E-state index contributed by atoms with van der Waals surface area (Å²) in [6.07, 6.45) is 0. The molecule has 0 aliphatic carbocycles. The Morgan fingerprint density at radius 1 is 1.46 bits per heavy atom. The first-order valence-corrected chi connectivity index (χ1v) is 5.54. The van der Waals surface area contributed by atoms with Gasteiger partial charge in [0.2, 0.25) is 0 Å². The minimum absolute atomic E-state index is 0.570. The zero-order valence-electron chi connectivity index (χ0n) is 8.21. The van der Waals surface area contributed by atoms with Crippen molar-refractivity contribution >= 4 is 11.3 Å². The molecular formula is C9H17N3S.